The molecule has 3 aromatic rings. The maximum atomic E-state index is 12.9. The standard InChI is InChI=1S/C29H32N8O2/c1-4-24(38)37-15-17-13-21(23(37)14-17)35-28-25(27(31)32-16-33-28)26(30)18-9-11-19(12-10-18)34-29(39)20-7-5-6-8-22(20)36(2)3/h4-12,16-17,21,23,30H,1,13-15H2,2-3H3,(H,34,39)(H3,31,32,33,35). The van der Waals surface area contributed by atoms with Gasteiger partial charge in [-0.3, -0.25) is 15.0 Å². The van der Waals surface area contributed by atoms with Crippen LogP contribution < -0.4 is 21.3 Å². The number of carbonyl (C=O) groups excluding carboxylic acids is 2. The SMILES string of the molecule is C=CC(=O)N1CC2CC(Nc3ncnc(N)c3C(=N)c3ccc(NC(=O)c4ccccc4N(C)C)cc3)C1C2. The Balaban J connectivity index is 1.33. The molecule has 1 saturated carbocycles. The van der Waals surface area contributed by atoms with Crippen LogP contribution in [0.2, 0.25) is 0 Å². The third-order valence-corrected chi connectivity index (χ3v) is 7.45. The summed E-state index contributed by atoms with van der Waals surface area (Å²) in [6, 6.07) is 14.5. The molecule has 5 N–H and O–H groups in total. The summed E-state index contributed by atoms with van der Waals surface area (Å²) in [5, 5.41) is 15.3. The van der Waals surface area contributed by atoms with Crippen LogP contribution in [0.1, 0.15) is 34.3 Å². The van der Waals surface area contributed by atoms with Gasteiger partial charge in [-0.1, -0.05) is 30.8 Å². The van der Waals surface area contributed by atoms with Gasteiger partial charge >= 0.3 is 0 Å². The molecule has 2 aromatic carbocycles. The van der Waals surface area contributed by atoms with Crippen LogP contribution in [0.15, 0.2) is 67.5 Å². The van der Waals surface area contributed by atoms with Crippen molar-refractivity contribution in [1.82, 2.24) is 14.9 Å². The first kappa shape index (κ1) is 25.9. The van der Waals surface area contributed by atoms with Gasteiger partial charge in [0.05, 0.1) is 22.9 Å². The van der Waals surface area contributed by atoms with Crippen LogP contribution in [0, 0.1) is 11.3 Å². The first-order valence-electron chi connectivity index (χ1n) is 12.8. The van der Waals surface area contributed by atoms with E-state index in [4.69, 9.17) is 11.1 Å². The summed E-state index contributed by atoms with van der Waals surface area (Å²) in [4.78, 5) is 37.5. The number of piperidine rings is 1. The zero-order chi connectivity index (χ0) is 27.7. The Kier molecular flexibility index (Phi) is 7.02. The van der Waals surface area contributed by atoms with Crippen LogP contribution in [0.4, 0.5) is 23.0 Å². The number of rotatable bonds is 8. The average Bonchev–Trinajstić information content (AvgIpc) is 3.54. The number of nitrogens with zero attached hydrogens (tertiary/aromatic N) is 4. The van der Waals surface area contributed by atoms with E-state index in [1.807, 2.05) is 42.1 Å². The zero-order valence-corrected chi connectivity index (χ0v) is 22.0. The lowest BCUT2D eigenvalue weighted by molar-refractivity contribution is -0.127. The third kappa shape index (κ3) is 5.05. The van der Waals surface area contributed by atoms with Gasteiger partial charge in [-0.15, -0.1) is 0 Å². The second kappa shape index (κ2) is 10.6. The van der Waals surface area contributed by atoms with Crippen molar-refractivity contribution in [1.29, 1.82) is 5.41 Å². The molecule has 10 heteroatoms. The van der Waals surface area contributed by atoms with Gasteiger partial charge in [0.25, 0.3) is 5.91 Å². The molecule has 39 heavy (non-hydrogen) atoms. The molecule has 3 unspecified atom stereocenters. The molecule has 2 bridgehead atoms. The van der Waals surface area contributed by atoms with Crippen molar-refractivity contribution in [3.8, 4) is 0 Å². The number of para-hydroxylation sites is 1. The summed E-state index contributed by atoms with van der Waals surface area (Å²) in [7, 11) is 3.78. The molecule has 1 aliphatic heterocycles. The molecule has 0 spiro atoms. The number of benzene rings is 2. The molecule has 2 amide bonds. The predicted molar refractivity (Wildman–Crippen MR) is 153 cm³/mol. The molecule has 0 radical (unpaired) electrons. The van der Waals surface area contributed by atoms with Gasteiger partial charge in [-0.25, -0.2) is 9.97 Å². The number of anilines is 4. The number of nitrogens with one attached hydrogen (secondary N) is 3. The number of carbonyl (C=O) groups is 2. The first-order valence-corrected chi connectivity index (χ1v) is 12.8. The van der Waals surface area contributed by atoms with Crippen LogP contribution >= 0.6 is 0 Å². The van der Waals surface area contributed by atoms with E-state index >= 15 is 0 Å². The van der Waals surface area contributed by atoms with Crippen molar-refractivity contribution < 1.29 is 9.59 Å². The highest BCUT2D eigenvalue weighted by Gasteiger charge is 2.46. The van der Waals surface area contributed by atoms with Crippen molar-refractivity contribution in [2.24, 2.45) is 5.92 Å². The molecule has 1 aliphatic carbocycles. The molecule has 200 valence electrons. The number of hydrogen-bond donors (Lipinski definition) is 4. The van der Waals surface area contributed by atoms with E-state index in [-0.39, 0.29) is 35.4 Å². The van der Waals surface area contributed by atoms with E-state index in [0.29, 0.717) is 34.1 Å². The van der Waals surface area contributed by atoms with Crippen molar-refractivity contribution in [3.63, 3.8) is 0 Å². The fourth-order valence-corrected chi connectivity index (χ4v) is 5.60. The molecule has 2 heterocycles. The Morgan fingerprint density at radius 3 is 2.56 bits per heavy atom. The lowest BCUT2D eigenvalue weighted by atomic mass is 10.0. The highest BCUT2D eigenvalue weighted by atomic mass is 16.2. The summed E-state index contributed by atoms with van der Waals surface area (Å²) in [5.74, 6) is 0.794. The molecule has 2 aliphatic rings. The van der Waals surface area contributed by atoms with Gasteiger partial charge in [0.2, 0.25) is 5.91 Å². The second-order valence-corrected chi connectivity index (χ2v) is 10.2. The summed E-state index contributed by atoms with van der Waals surface area (Å²) in [6.07, 6.45) is 4.57. The van der Waals surface area contributed by atoms with Crippen LogP contribution in [0.25, 0.3) is 0 Å². The van der Waals surface area contributed by atoms with Crippen LogP contribution in [0.5, 0.6) is 0 Å². The monoisotopic (exact) mass is 524 g/mol. The molecule has 3 atom stereocenters. The normalized spacial score (nSPS) is 19.4. The van der Waals surface area contributed by atoms with Crippen molar-refractivity contribution in [3.05, 3.63) is 84.2 Å². The van der Waals surface area contributed by atoms with Crippen molar-refractivity contribution in [2.75, 3.05) is 41.9 Å². The Hall–Kier alpha value is -4.73. The lowest BCUT2D eigenvalue weighted by Crippen LogP contribution is -2.47. The van der Waals surface area contributed by atoms with E-state index < -0.39 is 0 Å². The van der Waals surface area contributed by atoms with Gasteiger partial charge in [0.1, 0.15) is 18.0 Å². The van der Waals surface area contributed by atoms with Gasteiger partial charge < -0.3 is 26.2 Å². The fourth-order valence-electron chi connectivity index (χ4n) is 5.60. The number of nitrogens with two attached hydrogens (primary N) is 1. The molecule has 1 saturated heterocycles. The molecule has 1 aromatic heterocycles. The molecular formula is C29H32N8O2. The highest BCUT2D eigenvalue weighted by Crippen LogP contribution is 2.39. The summed E-state index contributed by atoms with van der Waals surface area (Å²) < 4.78 is 0. The smallest absolute Gasteiger partial charge is 0.257 e. The lowest BCUT2D eigenvalue weighted by Gasteiger charge is -2.33. The fraction of sp³-hybridized carbons (Fsp3) is 0.276. The zero-order valence-electron chi connectivity index (χ0n) is 22.0. The summed E-state index contributed by atoms with van der Waals surface area (Å²) >= 11 is 0. The first-order chi connectivity index (χ1) is 18.8. The number of fused-ring (bicyclic) bond motifs is 2. The number of nitrogen functional groups attached to an aromatic ring is 1. The number of likely N-dealkylation sites (tertiary alicyclic amines) is 1. The molecule has 10 nitrogen and oxygen atoms in total. The Labute approximate surface area is 227 Å². The quantitative estimate of drug-likeness (QED) is 0.262. The second-order valence-electron chi connectivity index (χ2n) is 10.2. The Morgan fingerprint density at radius 2 is 1.87 bits per heavy atom. The van der Waals surface area contributed by atoms with Gasteiger partial charge in [0.15, 0.2) is 0 Å². The Morgan fingerprint density at radius 1 is 1.13 bits per heavy atom. The molecule has 5 rings (SSSR count). The number of hydrogen-bond acceptors (Lipinski definition) is 8. The minimum atomic E-state index is -0.218. The van der Waals surface area contributed by atoms with E-state index in [2.05, 4.69) is 27.2 Å². The van der Waals surface area contributed by atoms with E-state index in [1.165, 1.54) is 12.4 Å². The van der Waals surface area contributed by atoms with Gasteiger partial charge in [-0.05, 0) is 49.1 Å². The van der Waals surface area contributed by atoms with Crippen LogP contribution in [-0.4, -0.2) is 65.1 Å². The minimum Gasteiger partial charge on any atom is -0.383 e. The van der Waals surface area contributed by atoms with E-state index in [0.717, 1.165) is 25.1 Å². The minimum absolute atomic E-state index is 0.00358. The van der Waals surface area contributed by atoms with Gasteiger partial charge in [-0.2, -0.15) is 0 Å². The van der Waals surface area contributed by atoms with Crippen LogP contribution in [0.3, 0.4) is 0 Å². The topological polar surface area (TPSA) is 140 Å². The van der Waals surface area contributed by atoms with Crippen molar-refractivity contribution in [2.45, 2.75) is 24.9 Å². The third-order valence-electron chi connectivity index (χ3n) is 7.45. The van der Waals surface area contributed by atoms with Gasteiger partial charge in [0, 0.05) is 43.6 Å². The summed E-state index contributed by atoms with van der Waals surface area (Å²) in [6.45, 7) is 4.37. The average molecular weight is 525 g/mol. The van der Waals surface area contributed by atoms with Crippen LogP contribution in [-0.2, 0) is 4.79 Å². The Bertz CT molecular complexity index is 1440. The largest absolute Gasteiger partial charge is 0.383 e. The van der Waals surface area contributed by atoms with E-state index in [1.54, 1.807) is 30.3 Å². The maximum absolute atomic E-state index is 12.9. The molecule has 2 fully saturated rings. The number of amides is 2. The highest BCUT2D eigenvalue weighted by molar-refractivity contribution is 6.16. The number of aromatic nitrogens is 2. The maximum Gasteiger partial charge on any atom is 0.257 e. The van der Waals surface area contributed by atoms with E-state index in [9.17, 15) is 9.59 Å². The van der Waals surface area contributed by atoms with Crippen molar-refractivity contribution >= 4 is 40.5 Å². The molecular weight excluding hydrogens is 492 g/mol. The summed E-state index contributed by atoms with van der Waals surface area (Å²) in [5.41, 5.74) is 9.39. The predicted octanol–water partition coefficient (Wildman–Crippen LogP) is 3.38.